The van der Waals surface area contributed by atoms with Crippen molar-refractivity contribution in [2.45, 2.75) is 12.8 Å². The van der Waals surface area contributed by atoms with Gasteiger partial charge in [-0.15, -0.1) is 0 Å². The van der Waals surface area contributed by atoms with E-state index in [0.717, 1.165) is 45.6 Å². The van der Waals surface area contributed by atoms with E-state index in [1.54, 1.807) is 32.4 Å². The molecule has 0 spiro atoms. The second-order valence-corrected chi connectivity index (χ2v) is 7.07. The molecule has 1 aliphatic rings. The lowest BCUT2D eigenvalue weighted by Gasteiger charge is -2.35. The lowest BCUT2D eigenvalue weighted by molar-refractivity contribution is 0.0952. The van der Waals surface area contributed by atoms with Gasteiger partial charge >= 0.3 is 0 Å². The number of nitrogens with zero attached hydrogens (tertiary/aromatic N) is 3. The predicted molar refractivity (Wildman–Crippen MR) is 114 cm³/mol. The molecule has 0 unspecified atom stereocenters. The normalized spacial score (nSPS) is 14.5. The number of carbonyl (C=O) groups excluding carboxylic acids is 1. The summed E-state index contributed by atoms with van der Waals surface area (Å²) in [5, 5.41) is 2.99. The third-order valence-electron chi connectivity index (χ3n) is 5.22. The highest BCUT2D eigenvalue weighted by molar-refractivity contribution is 5.94. The number of hydrogen-bond donors (Lipinski definition) is 1. The van der Waals surface area contributed by atoms with Gasteiger partial charge in [0.1, 0.15) is 0 Å². The van der Waals surface area contributed by atoms with Crippen molar-refractivity contribution < 1.29 is 14.3 Å². The first-order chi connectivity index (χ1) is 14.2. The molecule has 2 aromatic rings. The Kier molecular flexibility index (Phi) is 7.69. The van der Waals surface area contributed by atoms with Gasteiger partial charge in [0.15, 0.2) is 11.5 Å². The molecule has 7 heteroatoms. The molecule has 0 radical (unpaired) electrons. The van der Waals surface area contributed by atoms with Crippen LogP contribution in [0.2, 0.25) is 0 Å². The average molecular weight is 399 g/mol. The maximum absolute atomic E-state index is 12.3. The summed E-state index contributed by atoms with van der Waals surface area (Å²) in [5.74, 6) is 1.09. The van der Waals surface area contributed by atoms with Crippen molar-refractivity contribution in [2.75, 3.05) is 58.4 Å². The summed E-state index contributed by atoms with van der Waals surface area (Å²) in [6.45, 7) is 5.92. The van der Waals surface area contributed by atoms with Gasteiger partial charge in [-0.1, -0.05) is 0 Å². The third kappa shape index (κ3) is 5.84. The molecule has 0 saturated carbocycles. The Morgan fingerprint density at radius 2 is 1.86 bits per heavy atom. The highest BCUT2D eigenvalue weighted by atomic mass is 16.5. The first kappa shape index (κ1) is 20.9. The first-order valence-electron chi connectivity index (χ1n) is 10.1. The summed E-state index contributed by atoms with van der Waals surface area (Å²) < 4.78 is 10.5. The van der Waals surface area contributed by atoms with Crippen LogP contribution in [0.25, 0.3) is 0 Å². The molecule has 3 rings (SSSR count). The summed E-state index contributed by atoms with van der Waals surface area (Å²) in [6, 6.07) is 9.30. The molecule has 1 N–H and O–H groups in total. The zero-order chi connectivity index (χ0) is 20.5. The Hall–Kier alpha value is -2.80. The van der Waals surface area contributed by atoms with Crippen LogP contribution in [0.3, 0.4) is 0 Å². The molecule has 1 amide bonds. The SMILES string of the molecule is COc1ccc(C(=O)NCCCCN2CCN(c3cccnc3)CC2)cc1OC. The molecular formula is C22H30N4O3. The van der Waals surface area contributed by atoms with E-state index in [9.17, 15) is 4.79 Å². The van der Waals surface area contributed by atoms with Crippen LogP contribution in [0.1, 0.15) is 23.2 Å². The number of hydrogen-bond acceptors (Lipinski definition) is 6. The van der Waals surface area contributed by atoms with Crippen LogP contribution in [0.4, 0.5) is 5.69 Å². The molecule has 0 aliphatic carbocycles. The van der Waals surface area contributed by atoms with Crippen LogP contribution in [0.5, 0.6) is 11.5 Å². The second-order valence-electron chi connectivity index (χ2n) is 7.07. The summed E-state index contributed by atoms with van der Waals surface area (Å²) in [7, 11) is 3.15. The van der Waals surface area contributed by atoms with E-state index in [1.807, 2.05) is 18.5 Å². The Labute approximate surface area is 172 Å². The zero-order valence-corrected chi connectivity index (χ0v) is 17.3. The van der Waals surface area contributed by atoms with Crippen molar-refractivity contribution in [2.24, 2.45) is 0 Å². The zero-order valence-electron chi connectivity index (χ0n) is 17.3. The minimum Gasteiger partial charge on any atom is -0.493 e. The molecule has 0 bridgehead atoms. The van der Waals surface area contributed by atoms with Crippen molar-refractivity contribution in [1.29, 1.82) is 0 Å². The van der Waals surface area contributed by atoms with Gasteiger partial charge in [-0.25, -0.2) is 0 Å². The Morgan fingerprint density at radius 3 is 2.55 bits per heavy atom. The van der Waals surface area contributed by atoms with Crippen molar-refractivity contribution in [3.05, 3.63) is 48.3 Å². The molecule has 1 fully saturated rings. The van der Waals surface area contributed by atoms with Crippen molar-refractivity contribution in [3.8, 4) is 11.5 Å². The lowest BCUT2D eigenvalue weighted by Crippen LogP contribution is -2.46. The topological polar surface area (TPSA) is 66.9 Å². The molecule has 1 aliphatic heterocycles. The number of piperazine rings is 1. The summed E-state index contributed by atoms with van der Waals surface area (Å²) in [4.78, 5) is 21.4. The number of benzene rings is 1. The van der Waals surface area contributed by atoms with Crippen LogP contribution in [0, 0.1) is 0 Å². The second kappa shape index (κ2) is 10.7. The summed E-state index contributed by atoms with van der Waals surface area (Å²) in [6.07, 6.45) is 5.77. The van der Waals surface area contributed by atoms with Crippen LogP contribution < -0.4 is 19.7 Å². The smallest absolute Gasteiger partial charge is 0.251 e. The number of rotatable bonds is 9. The number of amides is 1. The largest absolute Gasteiger partial charge is 0.493 e. The highest BCUT2D eigenvalue weighted by Crippen LogP contribution is 2.27. The number of methoxy groups -OCH3 is 2. The fraction of sp³-hybridized carbons (Fsp3) is 0.455. The minimum absolute atomic E-state index is 0.0870. The Morgan fingerprint density at radius 1 is 1.07 bits per heavy atom. The third-order valence-corrected chi connectivity index (χ3v) is 5.22. The molecule has 0 atom stereocenters. The standard InChI is InChI=1S/C22H30N4O3/c1-28-20-8-7-18(16-21(20)29-2)22(27)24-10-3-4-11-25-12-14-26(15-13-25)19-6-5-9-23-17-19/h5-9,16-17H,3-4,10-15H2,1-2H3,(H,24,27). The number of anilines is 1. The monoisotopic (exact) mass is 398 g/mol. The van der Waals surface area contributed by atoms with Gasteiger partial charge in [0.25, 0.3) is 5.91 Å². The summed E-state index contributed by atoms with van der Waals surface area (Å²) in [5.41, 5.74) is 1.78. The van der Waals surface area contributed by atoms with E-state index < -0.39 is 0 Å². The Bertz CT molecular complexity index is 777. The number of aromatic nitrogens is 1. The Balaban J connectivity index is 1.33. The van der Waals surface area contributed by atoms with Gasteiger partial charge in [-0.2, -0.15) is 0 Å². The van der Waals surface area contributed by atoms with E-state index in [4.69, 9.17) is 9.47 Å². The molecule has 29 heavy (non-hydrogen) atoms. The van der Waals surface area contributed by atoms with E-state index in [0.29, 0.717) is 23.6 Å². The van der Waals surface area contributed by atoms with Crippen LogP contribution in [-0.4, -0.2) is 69.3 Å². The quantitative estimate of drug-likeness (QED) is 0.655. The van der Waals surface area contributed by atoms with Gasteiger partial charge in [-0.05, 0) is 49.7 Å². The molecular weight excluding hydrogens is 368 g/mol. The first-order valence-corrected chi connectivity index (χ1v) is 10.1. The van der Waals surface area contributed by atoms with Gasteiger partial charge in [0.05, 0.1) is 26.1 Å². The van der Waals surface area contributed by atoms with Crippen molar-refractivity contribution >= 4 is 11.6 Å². The van der Waals surface area contributed by atoms with E-state index in [2.05, 4.69) is 26.2 Å². The van der Waals surface area contributed by atoms with Gasteiger partial charge in [0, 0.05) is 44.5 Å². The molecule has 2 heterocycles. The number of unbranched alkanes of at least 4 members (excludes halogenated alkanes) is 1. The molecule has 1 aromatic heterocycles. The lowest BCUT2D eigenvalue weighted by atomic mass is 10.2. The fourth-order valence-electron chi connectivity index (χ4n) is 3.51. The van der Waals surface area contributed by atoms with Gasteiger partial charge < -0.3 is 19.7 Å². The van der Waals surface area contributed by atoms with Crippen molar-refractivity contribution in [1.82, 2.24) is 15.2 Å². The predicted octanol–water partition coefficient (Wildman–Crippen LogP) is 2.43. The molecule has 1 saturated heterocycles. The fourth-order valence-corrected chi connectivity index (χ4v) is 3.51. The van der Waals surface area contributed by atoms with E-state index >= 15 is 0 Å². The van der Waals surface area contributed by atoms with Crippen LogP contribution >= 0.6 is 0 Å². The maximum Gasteiger partial charge on any atom is 0.251 e. The number of nitrogens with one attached hydrogen (secondary N) is 1. The number of pyridine rings is 1. The highest BCUT2D eigenvalue weighted by Gasteiger charge is 2.16. The van der Waals surface area contributed by atoms with Crippen molar-refractivity contribution in [3.63, 3.8) is 0 Å². The molecule has 156 valence electrons. The maximum atomic E-state index is 12.3. The van der Waals surface area contributed by atoms with E-state index in [1.165, 1.54) is 5.69 Å². The van der Waals surface area contributed by atoms with Crippen LogP contribution in [0.15, 0.2) is 42.7 Å². The van der Waals surface area contributed by atoms with Gasteiger partial charge in [0.2, 0.25) is 0 Å². The average Bonchev–Trinajstić information content (AvgIpc) is 2.79. The molecule has 1 aromatic carbocycles. The minimum atomic E-state index is -0.0870. The van der Waals surface area contributed by atoms with Gasteiger partial charge in [-0.3, -0.25) is 14.7 Å². The molecule has 7 nitrogen and oxygen atoms in total. The summed E-state index contributed by atoms with van der Waals surface area (Å²) >= 11 is 0. The number of carbonyl (C=O) groups is 1. The number of ether oxygens (including phenoxy) is 2. The van der Waals surface area contributed by atoms with E-state index in [-0.39, 0.29) is 5.91 Å². The van der Waals surface area contributed by atoms with Crippen LogP contribution in [-0.2, 0) is 0 Å².